The molecule has 15 heteroatoms. The molecular formula is C23H35Cl5N4O5S. The van der Waals surface area contributed by atoms with Gasteiger partial charge in [-0.05, 0) is 32.0 Å². The summed E-state index contributed by atoms with van der Waals surface area (Å²) >= 11 is 18.2. The van der Waals surface area contributed by atoms with Gasteiger partial charge in [0.05, 0.1) is 40.1 Å². The largest absolute Gasteiger partial charge is 0.482 e. The summed E-state index contributed by atoms with van der Waals surface area (Å²) < 4.78 is 38.9. The van der Waals surface area contributed by atoms with Crippen molar-refractivity contribution in [3.8, 4) is 5.75 Å². The molecule has 3 fully saturated rings. The standard InChI is InChI=1S/C23H33Cl3N4O5S.2ClH/c24-19-13-21(26)22(14-20(19)25)35-17-23(31)30-6-5-29(16-18(30)15-28-3-1-2-4-28)36(32,33)12-9-27-7-10-34-11-8-27;;/h13-14,18H,1-12,15-17H2;2*1H/t18-;;/m0../s1. The first kappa shape index (κ1) is 33.9. The van der Waals surface area contributed by atoms with Gasteiger partial charge in [0.15, 0.2) is 6.61 Å². The molecule has 0 saturated carbocycles. The Morgan fingerprint density at radius 3 is 2.26 bits per heavy atom. The maximum atomic E-state index is 13.2. The predicted molar refractivity (Wildman–Crippen MR) is 155 cm³/mol. The molecule has 4 rings (SSSR count). The van der Waals surface area contributed by atoms with Crippen molar-refractivity contribution in [3.05, 3.63) is 27.2 Å². The summed E-state index contributed by atoms with van der Waals surface area (Å²) in [7, 11) is -3.45. The van der Waals surface area contributed by atoms with Gasteiger partial charge in [0.2, 0.25) is 10.0 Å². The van der Waals surface area contributed by atoms with Gasteiger partial charge in [-0.3, -0.25) is 9.69 Å². The third kappa shape index (κ3) is 9.12. The van der Waals surface area contributed by atoms with E-state index in [-0.39, 0.29) is 78.0 Å². The molecule has 3 heterocycles. The van der Waals surface area contributed by atoms with Crippen LogP contribution in [-0.2, 0) is 19.6 Å². The number of amides is 1. The molecule has 218 valence electrons. The van der Waals surface area contributed by atoms with E-state index in [0.29, 0.717) is 37.9 Å². The first-order chi connectivity index (χ1) is 17.2. The quantitative estimate of drug-likeness (QED) is 0.378. The van der Waals surface area contributed by atoms with E-state index in [1.54, 1.807) is 9.21 Å². The topological polar surface area (TPSA) is 82.6 Å². The number of piperazine rings is 1. The molecule has 0 aliphatic carbocycles. The number of likely N-dealkylation sites (tertiary alicyclic amines) is 1. The molecule has 9 nitrogen and oxygen atoms in total. The highest BCUT2D eigenvalue weighted by atomic mass is 35.5. The van der Waals surface area contributed by atoms with Gasteiger partial charge < -0.3 is 19.3 Å². The van der Waals surface area contributed by atoms with Crippen LogP contribution in [0, 0.1) is 0 Å². The summed E-state index contributed by atoms with van der Waals surface area (Å²) in [4.78, 5) is 19.4. The molecule has 1 aromatic rings. The highest BCUT2D eigenvalue weighted by Gasteiger charge is 2.37. The third-order valence-corrected chi connectivity index (χ3v) is 9.76. The maximum Gasteiger partial charge on any atom is 0.260 e. The van der Waals surface area contributed by atoms with Crippen molar-refractivity contribution in [1.82, 2.24) is 19.0 Å². The zero-order chi connectivity index (χ0) is 25.7. The average Bonchev–Trinajstić information content (AvgIpc) is 3.38. The molecule has 1 aromatic carbocycles. The number of morpholine rings is 1. The van der Waals surface area contributed by atoms with Crippen LogP contribution in [0.15, 0.2) is 12.1 Å². The molecule has 3 aliphatic heterocycles. The van der Waals surface area contributed by atoms with Crippen molar-refractivity contribution >= 4 is 75.5 Å². The van der Waals surface area contributed by atoms with Crippen LogP contribution < -0.4 is 4.74 Å². The summed E-state index contributed by atoms with van der Waals surface area (Å²) in [6.45, 7) is 6.43. The van der Waals surface area contributed by atoms with Crippen LogP contribution in [0.4, 0.5) is 0 Å². The summed E-state index contributed by atoms with van der Waals surface area (Å²) in [5.41, 5.74) is 0. The number of hydrogen-bond donors (Lipinski definition) is 0. The predicted octanol–water partition coefficient (Wildman–Crippen LogP) is 3.14. The zero-order valence-electron chi connectivity index (χ0n) is 21.0. The fraction of sp³-hybridized carbons (Fsp3) is 0.696. The lowest BCUT2D eigenvalue weighted by Gasteiger charge is -2.42. The van der Waals surface area contributed by atoms with E-state index in [1.807, 2.05) is 0 Å². The Hall–Kier alpha value is -0.270. The van der Waals surface area contributed by atoms with Gasteiger partial charge >= 0.3 is 0 Å². The zero-order valence-corrected chi connectivity index (χ0v) is 25.7. The van der Waals surface area contributed by atoms with Crippen LogP contribution in [0.2, 0.25) is 15.1 Å². The van der Waals surface area contributed by atoms with Crippen molar-refractivity contribution in [2.24, 2.45) is 0 Å². The number of halogens is 5. The number of ether oxygens (including phenoxy) is 2. The number of carbonyl (C=O) groups is 1. The van der Waals surface area contributed by atoms with Crippen molar-refractivity contribution in [2.45, 2.75) is 18.9 Å². The average molecular weight is 657 g/mol. The number of carbonyl (C=O) groups excluding carboxylic acids is 1. The molecule has 0 bridgehead atoms. The van der Waals surface area contributed by atoms with E-state index in [4.69, 9.17) is 44.3 Å². The van der Waals surface area contributed by atoms with Crippen LogP contribution >= 0.6 is 59.6 Å². The molecule has 3 saturated heterocycles. The molecule has 0 aromatic heterocycles. The Balaban J connectivity index is 0.00000253. The summed E-state index contributed by atoms with van der Waals surface area (Å²) in [5, 5.41) is 0.852. The highest BCUT2D eigenvalue weighted by Crippen LogP contribution is 2.34. The number of sulfonamides is 1. The SMILES string of the molecule is Cl.Cl.O=C(COc1cc(Cl)c(Cl)cc1Cl)N1CCN(S(=O)(=O)CCN2CCOCC2)C[C@@H]1CN1CCCC1. The number of rotatable bonds is 9. The van der Waals surface area contributed by atoms with E-state index in [9.17, 15) is 13.2 Å². The summed E-state index contributed by atoms with van der Waals surface area (Å²) in [6.07, 6.45) is 2.22. The summed E-state index contributed by atoms with van der Waals surface area (Å²) in [5.74, 6) is 0.127. The van der Waals surface area contributed by atoms with Crippen LogP contribution in [0.5, 0.6) is 5.75 Å². The van der Waals surface area contributed by atoms with E-state index >= 15 is 0 Å². The molecule has 1 atom stereocenters. The Morgan fingerprint density at radius 1 is 0.921 bits per heavy atom. The van der Waals surface area contributed by atoms with Gasteiger partial charge in [0.25, 0.3) is 5.91 Å². The van der Waals surface area contributed by atoms with E-state index in [2.05, 4.69) is 9.80 Å². The lowest BCUT2D eigenvalue weighted by molar-refractivity contribution is -0.138. The van der Waals surface area contributed by atoms with Crippen molar-refractivity contribution in [1.29, 1.82) is 0 Å². The molecule has 0 radical (unpaired) electrons. The van der Waals surface area contributed by atoms with Crippen LogP contribution in [-0.4, -0.2) is 124 Å². The van der Waals surface area contributed by atoms with Gasteiger partial charge in [0.1, 0.15) is 5.75 Å². The maximum absolute atomic E-state index is 13.2. The molecule has 1 amide bonds. The lowest BCUT2D eigenvalue weighted by atomic mass is 10.1. The van der Waals surface area contributed by atoms with Crippen molar-refractivity contribution in [2.75, 3.05) is 84.5 Å². The first-order valence-corrected chi connectivity index (χ1v) is 15.0. The smallest absolute Gasteiger partial charge is 0.260 e. The molecular weight excluding hydrogens is 622 g/mol. The molecule has 0 spiro atoms. The lowest BCUT2D eigenvalue weighted by Crippen LogP contribution is -2.60. The molecule has 38 heavy (non-hydrogen) atoms. The van der Waals surface area contributed by atoms with Crippen molar-refractivity contribution in [3.63, 3.8) is 0 Å². The van der Waals surface area contributed by atoms with E-state index in [1.165, 1.54) is 12.1 Å². The van der Waals surface area contributed by atoms with E-state index in [0.717, 1.165) is 39.0 Å². The fourth-order valence-corrected chi connectivity index (χ4v) is 6.96. The molecule has 3 aliphatic rings. The molecule has 0 unspecified atom stereocenters. The van der Waals surface area contributed by atoms with Gasteiger partial charge in [-0.2, -0.15) is 4.31 Å². The Labute approximate surface area is 252 Å². The minimum atomic E-state index is -3.45. The van der Waals surface area contributed by atoms with Crippen molar-refractivity contribution < 1.29 is 22.7 Å². The number of benzene rings is 1. The third-order valence-electron chi connectivity index (χ3n) is 6.92. The second kappa shape index (κ2) is 15.7. The van der Waals surface area contributed by atoms with Gasteiger partial charge in [-0.15, -0.1) is 24.8 Å². The summed E-state index contributed by atoms with van der Waals surface area (Å²) in [6, 6.07) is 2.71. The van der Waals surface area contributed by atoms with Crippen LogP contribution in [0.25, 0.3) is 0 Å². The minimum absolute atomic E-state index is 0. The first-order valence-electron chi connectivity index (χ1n) is 12.3. The normalized spacial score (nSPS) is 21.6. The highest BCUT2D eigenvalue weighted by molar-refractivity contribution is 7.89. The Morgan fingerprint density at radius 2 is 1.58 bits per heavy atom. The van der Waals surface area contributed by atoms with Crippen LogP contribution in [0.3, 0.4) is 0 Å². The van der Waals surface area contributed by atoms with Gasteiger partial charge in [-0.1, -0.05) is 34.8 Å². The van der Waals surface area contributed by atoms with Gasteiger partial charge in [0, 0.05) is 51.9 Å². The number of hydrogen-bond acceptors (Lipinski definition) is 7. The Kier molecular flexibility index (Phi) is 14.0. The minimum Gasteiger partial charge on any atom is -0.482 e. The van der Waals surface area contributed by atoms with Gasteiger partial charge in [-0.25, -0.2) is 8.42 Å². The second-order valence-electron chi connectivity index (χ2n) is 9.36. The number of nitrogens with zero attached hydrogens (tertiary/aromatic N) is 4. The monoisotopic (exact) mass is 654 g/mol. The Bertz CT molecular complexity index is 1030. The molecule has 0 N–H and O–H groups in total. The second-order valence-corrected chi connectivity index (χ2v) is 12.7. The fourth-order valence-electron chi connectivity index (χ4n) is 4.86. The van der Waals surface area contributed by atoms with E-state index < -0.39 is 10.0 Å². The van der Waals surface area contributed by atoms with Crippen LogP contribution in [0.1, 0.15) is 12.8 Å².